The van der Waals surface area contributed by atoms with Gasteiger partial charge >= 0.3 is 11.9 Å². The van der Waals surface area contributed by atoms with E-state index in [1.165, 1.54) is 13.2 Å². The van der Waals surface area contributed by atoms with Crippen molar-refractivity contribution < 1.29 is 48.3 Å². The molecule has 4 saturated heterocycles. The summed E-state index contributed by atoms with van der Waals surface area (Å²) in [6.07, 6.45) is 3.21. The average Bonchev–Trinajstić information content (AvgIpc) is 3.22. The van der Waals surface area contributed by atoms with Crippen molar-refractivity contribution in [2.45, 2.75) is 87.7 Å². The minimum absolute atomic E-state index is 0.118. The Bertz CT molecular complexity index is 1290. The maximum atomic E-state index is 14.8. The van der Waals surface area contributed by atoms with Gasteiger partial charge in [-0.05, 0) is 56.9 Å². The molecule has 0 aromatic carbocycles. The summed E-state index contributed by atoms with van der Waals surface area (Å²) in [5.74, 6) is -7.25. The Morgan fingerprint density at radius 3 is 2.58 bits per heavy atom. The van der Waals surface area contributed by atoms with E-state index >= 15 is 0 Å². The van der Waals surface area contributed by atoms with Gasteiger partial charge in [0.15, 0.2) is 28.4 Å². The lowest BCUT2D eigenvalue weighted by Crippen LogP contribution is -2.77. The summed E-state index contributed by atoms with van der Waals surface area (Å²) in [5.41, 5.74) is -7.33. The largest absolute Gasteiger partial charge is 0.458 e. The van der Waals surface area contributed by atoms with E-state index in [9.17, 15) is 29.4 Å². The maximum Gasteiger partial charge on any atom is 0.342 e. The highest BCUT2D eigenvalue weighted by molar-refractivity contribution is 6.01. The molecule has 7 rings (SSSR count). The van der Waals surface area contributed by atoms with Gasteiger partial charge < -0.3 is 29.2 Å². The maximum absolute atomic E-state index is 14.8. The molecule has 0 aromatic rings. The van der Waals surface area contributed by atoms with Gasteiger partial charge in [0.1, 0.15) is 6.10 Å². The van der Waals surface area contributed by atoms with Crippen molar-refractivity contribution in [3.05, 3.63) is 23.8 Å². The molecule has 1 saturated carbocycles. The number of rotatable bonds is 1. The summed E-state index contributed by atoms with van der Waals surface area (Å²) in [7, 11) is 1.30. The van der Waals surface area contributed by atoms with Crippen LogP contribution in [0, 0.1) is 28.6 Å². The number of aliphatic hydroxyl groups excluding tert-OH is 1. The Labute approximate surface area is 219 Å². The molecule has 4 aliphatic heterocycles. The third-order valence-electron chi connectivity index (χ3n) is 11.4. The number of esters is 2. The van der Waals surface area contributed by atoms with E-state index in [-0.39, 0.29) is 31.5 Å². The second-order valence-corrected chi connectivity index (χ2v) is 12.9. The number of allylic oxidation sites excluding steroid dienone is 3. The molecule has 0 aromatic heterocycles. The number of hydrogen-bond acceptors (Lipinski definition) is 10. The van der Waals surface area contributed by atoms with Crippen LogP contribution in [0.25, 0.3) is 0 Å². The number of aliphatic hydroxyl groups is 2. The lowest BCUT2D eigenvalue weighted by atomic mass is 9.48. The zero-order valence-electron chi connectivity index (χ0n) is 21.8. The molecule has 4 unspecified atom stereocenters. The smallest absolute Gasteiger partial charge is 0.342 e. The van der Waals surface area contributed by atoms with E-state index in [4.69, 9.17) is 18.9 Å². The van der Waals surface area contributed by atoms with Gasteiger partial charge in [0.25, 0.3) is 0 Å². The highest BCUT2D eigenvalue weighted by atomic mass is 16.7. The number of carbonyl (C=O) groups is 4. The van der Waals surface area contributed by atoms with E-state index in [0.29, 0.717) is 6.42 Å². The van der Waals surface area contributed by atoms with E-state index < -0.39 is 81.1 Å². The van der Waals surface area contributed by atoms with Crippen molar-refractivity contribution in [3.8, 4) is 0 Å². The molecule has 10 nitrogen and oxygen atoms in total. The molecular formula is C28H32O10. The molecule has 204 valence electrons. The standard InChI is InChI=1S/C28H32O10/c1-23-11-17(36-18(31)12-23)25(3)28-20(23)21(32)27(35-4,38-28)19-14(8-9-26(28,34)22(33)37-25)24(2)13(10-15(19)29)6-5-7-16(24)30/h5,7,10,14-15,17,19-20,29,34H,6,8-9,11-12H2,1-4H3/t14?,15-,17+,19?,20?,23+,24-,25-,26?,27+,28-/m0/s1. The third kappa shape index (κ3) is 2.26. The number of ether oxygens (including phenoxy) is 4. The average molecular weight is 529 g/mol. The lowest BCUT2D eigenvalue weighted by molar-refractivity contribution is -0.353. The van der Waals surface area contributed by atoms with Crippen LogP contribution in [0.3, 0.4) is 0 Å². The summed E-state index contributed by atoms with van der Waals surface area (Å²) in [6.45, 7) is 5.09. The second-order valence-electron chi connectivity index (χ2n) is 12.9. The first-order valence-electron chi connectivity index (χ1n) is 13.3. The fraction of sp³-hybridized carbons (Fsp3) is 0.714. The van der Waals surface area contributed by atoms with Gasteiger partial charge in [0.2, 0.25) is 5.79 Å². The first-order valence-corrected chi connectivity index (χ1v) is 13.3. The van der Waals surface area contributed by atoms with E-state index in [2.05, 4.69) is 0 Å². The van der Waals surface area contributed by atoms with Gasteiger partial charge in [-0.2, -0.15) is 0 Å². The summed E-state index contributed by atoms with van der Waals surface area (Å²) in [4.78, 5) is 54.7. The van der Waals surface area contributed by atoms with Crippen LogP contribution in [-0.4, -0.2) is 75.6 Å². The van der Waals surface area contributed by atoms with Crippen LogP contribution in [0.15, 0.2) is 23.8 Å². The highest BCUT2D eigenvalue weighted by Crippen LogP contribution is 2.73. The monoisotopic (exact) mass is 528 g/mol. The predicted molar refractivity (Wildman–Crippen MR) is 126 cm³/mol. The molecule has 4 bridgehead atoms. The third-order valence-corrected chi connectivity index (χ3v) is 11.4. The van der Waals surface area contributed by atoms with Gasteiger partial charge in [-0.1, -0.05) is 24.6 Å². The van der Waals surface area contributed by atoms with Crippen LogP contribution in [0.5, 0.6) is 0 Å². The molecule has 10 heteroatoms. The first-order chi connectivity index (χ1) is 17.7. The van der Waals surface area contributed by atoms with Crippen LogP contribution in [0.1, 0.15) is 52.9 Å². The number of Topliss-reactive ketones (excluding diaryl/α,β-unsaturated/α-hetero) is 1. The van der Waals surface area contributed by atoms with Crippen molar-refractivity contribution >= 4 is 23.5 Å². The van der Waals surface area contributed by atoms with Crippen molar-refractivity contribution in [3.63, 3.8) is 0 Å². The number of hydrogen-bond donors (Lipinski definition) is 2. The van der Waals surface area contributed by atoms with Crippen LogP contribution >= 0.6 is 0 Å². The first kappa shape index (κ1) is 24.6. The van der Waals surface area contributed by atoms with Crippen molar-refractivity contribution in [2.75, 3.05) is 7.11 Å². The van der Waals surface area contributed by atoms with Gasteiger partial charge in [0.05, 0.1) is 29.8 Å². The zero-order chi connectivity index (χ0) is 27.3. The molecule has 0 radical (unpaired) electrons. The quantitative estimate of drug-likeness (QED) is 0.372. The molecule has 3 aliphatic carbocycles. The Kier molecular flexibility index (Phi) is 4.43. The number of ketones is 2. The van der Waals surface area contributed by atoms with Crippen LogP contribution in [-0.2, 0) is 38.1 Å². The molecule has 1 spiro atoms. The minimum Gasteiger partial charge on any atom is -0.458 e. The Hall–Kier alpha value is -2.40. The zero-order valence-corrected chi connectivity index (χ0v) is 21.8. The van der Waals surface area contributed by atoms with Gasteiger partial charge in [0, 0.05) is 7.11 Å². The van der Waals surface area contributed by atoms with Crippen molar-refractivity contribution in [1.29, 1.82) is 0 Å². The molecule has 5 fully saturated rings. The summed E-state index contributed by atoms with van der Waals surface area (Å²) >= 11 is 0. The Balaban J connectivity index is 1.53. The molecule has 11 atom stereocenters. The number of fused-ring (bicyclic) bond motifs is 9. The topological polar surface area (TPSA) is 146 Å². The summed E-state index contributed by atoms with van der Waals surface area (Å²) in [5, 5.41) is 24.0. The molecule has 38 heavy (non-hydrogen) atoms. The Morgan fingerprint density at radius 1 is 1.13 bits per heavy atom. The van der Waals surface area contributed by atoms with Crippen LogP contribution in [0.2, 0.25) is 0 Å². The van der Waals surface area contributed by atoms with Crippen LogP contribution in [0.4, 0.5) is 0 Å². The van der Waals surface area contributed by atoms with Gasteiger partial charge in [-0.3, -0.25) is 14.4 Å². The highest BCUT2D eigenvalue weighted by Gasteiger charge is 2.91. The normalized spacial score (nSPS) is 56.2. The van der Waals surface area contributed by atoms with Crippen molar-refractivity contribution in [1.82, 2.24) is 0 Å². The van der Waals surface area contributed by atoms with Gasteiger partial charge in [-0.25, -0.2) is 4.79 Å². The van der Waals surface area contributed by atoms with Crippen molar-refractivity contribution in [2.24, 2.45) is 28.6 Å². The SMILES string of the molecule is CO[C@]12O[C@@]34C(C1=O)[C@@]1(C)CC(=O)O[C@H](C1)[C@]3(C)OC(=O)C4(O)CCC1C2[C@@H](O)C=C2CC=CC(=O)[C@@]21C. The summed E-state index contributed by atoms with van der Waals surface area (Å²) in [6, 6.07) is 0. The molecular weight excluding hydrogens is 496 g/mol. The van der Waals surface area contributed by atoms with E-state index in [1.807, 2.05) is 0 Å². The molecule has 0 amide bonds. The lowest BCUT2D eigenvalue weighted by Gasteiger charge is -2.60. The molecule has 7 aliphatic rings. The molecule has 2 N–H and O–H groups in total. The predicted octanol–water partition coefficient (Wildman–Crippen LogP) is 0.918. The summed E-state index contributed by atoms with van der Waals surface area (Å²) < 4.78 is 24.3. The molecule has 4 heterocycles. The second kappa shape index (κ2) is 6.83. The number of carbonyl (C=O) groups excluding carboxylic acids is 4. The van der Waals surface area contributed by atoms with E-state index in [0.717, 1.165) is 5.57 Å². The van der Waals surface area contributed by atoms with E-state index in [1.54, 1.807) is 32.9 Å². The fourth-order valence-electron chi connectivity index (χ4n) is 9.59. The Morgan fingerprint density at radius 2 is 1.87 bits per heavy atom. The number of methoxy groups -OCH3 is 1. The fourth-order valence-corrected chi connectivity index (χ4v) is 9.59. The van der Waals surface area contributed by atoms with Crippen LogP contribution < -0.4 is 0 Å². The van der Waals surface area contributed by atoms with Gasteiger partial charge in [-0.15, -0.1) is 0 Å². The minimum atomic E-state index is -2.28.